The predicted octanol–water partition coefficient (Wildman–Crippen LogP) is 2.31. The van der Waals surface area contributed by atoms with E-state index in [1.54, 1.807) is 12.1 Å². The largest absolute Gasteiger partial charge is 0.494 e. The van der Waals surface area contributed by atoms with Gasteiger partial charge in [-0.25, -0.2) is 12.8 Å². The molecule has 1 atom stereocenters. The number of halogens is 1. The van der Waals surface area contributed by atoms with E-state index in [-0.39, 0.29) is 10.8 Å². The van der Waals surface area contributed by atoms with Gasteiger partial charge in [0, 0.05) is 12.2 Å². The summed E-state index contributed by atoms with van der Waals surface area (Å²) in [7, 11) is -3.83. The molecule has 8 heteroatoms. The summed E-state index contributed by atoms with van der Waals surface area (Å²) in [6.45, 7) is 2.69. The van der Waals surface area contributed by atoms with Gasteiger partial charge in [-0.3, -0.25) is 4.79 Å². The molecule has 138 valence electrons. The molecule has 3 rings (SSSR count). The fraction of sp³-hybridized carbons (Fsp3) is 0.278. The van der Waals surface area contributed by atoms with E-state index in [2.05, 4.69) is 4.72 Å². The number of hydrogen-bond acceptors (Lipinski definition) is 4. The van der Waals surface area contributed by atoms with Gasteiger partial charge in [0.2, 0.25) is 15.9 Å². The van der Waals surface area contributed by atoms with Crippen molar-refractivity contribution in [2.75, 3.05) is 18.1 Å². The van der Waals surface area contributed by atoms with Crippen LogP contribution >= 0.6 is 0 Å². The number of nitrogens with one attached hydrogen (secondary N) is 1. The van der Waals surface area contributed by atoms with Crippen LogP contribution in [0.3, 0.4) is 0 Å². The van der Waals surface area contributed by atoms with Crippen LogP contribution in [0, 0.1) is 5.82 Å². The van der Waals surface area contributed by atoms with E-state index < -0.39 is 21.9 Å². The first-order chi connectivity index (χ1) is 12.4. The van der Waals surface area contributed by atoms with Crippen molar-refractivity contribution < 1.29 is 22.3 Å². The Labute approximate surface area is 151 Å². The lowest BCUT2D eigenvalue weighted by Crippen LogP contribution is -2.41. The Hall–Kier alpha value is -2.45. The van der Waals surface area contributed by atoms with Crippen molar-refractivity contribution in [3.63, 3.8) is 0 Å². The van der Waals surface area contributed by atoms with Gasteiger partial charge in [0.15, 0.2) is 0 Å². The Morgan fingerprint density at radius 3 is 2.42 bits per heavy atom. The lowest BCUT2D eigenvalue weighted by atomic mass is 10.3. The molecule has 26 heavy (non-hydrogen) atoms. The van der Waals surface area contributed by atoms with Gasteiger partial charge in [-0.05, 0) is 61.9 Å². The Morgan fingerprint density at radius 2 is 1.81 bits per heavy atom. The predicted molar refractivity (Wildman–Crippen MR) is 95.1 cm³/mol. The summed E-state index contributed by atoms with van der Waals surface area (Å²) in [5, 5.41) is 0. The highest BCUT2D eigenvalue weighted by Gasteiger charge is 2.35. The topological polar surface area (TPSA) is 75.7 Å². The van der Waals surface area contributed by atoms with E-state index >= 15 is 0 Å². The van der Waals surface area contributed by atoms with Crippen molar-refractivity contribution in [2.24, 2.45) is 0 Å². The molecule has 0 spiro atoms. The SMILES string of the molecule is CCOc1ccc(S(=O)(=O)NC2CCN(c3ccc(F)cc3)C2=O)cc1. The van der Waals surface area contributed by atoms with Crippen LogP contribution in [0.4, 0.5) is 10.1 Å². The van der Waals surface area contributed by atoms with Gasteiger partial charge < -0.3 is 9.64 Å². The minimum absolute atomic E-state index is 0.0639. The Balaban J connectivity index is 1.72. The van der Waals surface area contributed by atoms with Crippen molar-refractivity contribution in [3.8, 4) is 5.75 Å². The Bertz CT molecular complexity index is 882. The van der Waals surface area contributed by atoms with E-state index in [9.17, 15) is 17.6 Å². The summed E-state index contributed by atoms with van der Waals surface area (Å²) in [5.41, 5.74) is 0.541. The molecule has 0 aromatic heterocycles. The second kappa shape index (κ2) is 7.43. The summed E-state index contributed by atoms with van der Waals surface area (Å²) in [6.07, 6.45) is 0.340. The first-order valence-electron chi connectivity index (χ1n) is 8.23. The van der Waals surface area contributed by atoms with Crippen LogP contribution in [-0.4, -0.2) is 33.5 Å². The van der Waals surface area contributed by atoms with E-state index in [0.717, 1.165) is 0 Å². The number of benzene rings is 2. The summed E-state index contributed by atoms with van der Waals surface area (Å²) in [4.78, 5) is 14.0. The summed E-state index contributed by atoms with van der Waals surface area (Å²) in [6, 6.07) is 10.7. The molecule has 6 nitrogen and oxygen atoms in total. The number of nitrogens with zero attached hydrogens (tertiary/aromatic N) is 1. The molecule has 0 aliphatic carbocycles. The number of anilines is 1. The van der Waals surface area contributed by atoms with Crippen molar-refractivity contribution in [1.82, 2.24) is 4.72 Å². The lowest BCUT2D eigenvalue weighted by Gasteiger charge is -2.17. The Kier molecular flexibility index (Phi) is 5.24. The average molecular weight is 378 g/mol. The minimum Gasteiger partial charge on any atom is -0.494 e. The van der Waals surface area contributed by atoms with Gasteiger partial charge in [0.05, 0.1) is 11.5 Å². The van der Waals surface area contributed by atoms with Crippen molar-refractivity contribution >= 4 is 21.6 Å². The van der Waals surface area contributed by atoms with E-state index in [1.807, 2.05) is 6.92 Å². The number of sulfonamides is 1. The fourth-order valence-corrected chi connectivity index (χ4v) is 4.03. The van der Waals surface area contributed by atoms with Crippen LogP contribution in [0.1, 0.15) is 13.3 Å². The molecule has 0 bridgehead atoms. The van der Waals surface area contributed by atoms with E-state index in [0.29, 0.717) is 31.0 Å². The molecule has 1 saturated heterocycles. The highest BCUT2D eigenvalue weighted by Crippen LogP contribution is 2.23. The minimum atomic E-state index is -3.83. The van der Waals surface area contributed by atoms with Crippen LogP contribution < -0.4 is 14.4 Å². The highest BCUT2D eigenvalue weighted by molar-refractivity contribution is 7.89. The van der Waals surface area contributed by atoms with Crippen LogP contribution in [-0.2, 0) is 14.8 Å². The van der Waals surface area contributed by atoms with Gasteiger partial charge >= 0.3 is 0 Å². The van der Waals surface area contributed by atoms with Crippen LogP contribution in [0.15, 0.2) is 53.4 Å². The highest BCUT2D eigenvalue weighted by atomic mass is 32.2. The van der Waals surface area contributed by atoms with Gasteiger partial charge in [-0.15, -0.1) is 0 Å². The third-order valence-electron chi connectivity index (χ3n) is 4.09. The third kappa shape index (κ3) is 3.86. The molecule has 0 saturated carbocycles. The molecule has 2 aromatic rings. The fourth-order valence-electron chi connectivity index (χ4n) is 2.80. The van der Waals surface area contributed by atoms with Crippen LogP contribution in [0.25, 0.3) is 0 Å². The zero-order valence-electron chi connectivity index (χ0n) is 14.2. The number of carbonyl (C=O) groups is 1. The van der Waals surface area contributed by atoms with E-state index in [4.69, 9.17) is 4.74 Å². The van der Waals surface area contributed by atoms with Gasteiger partial charge in [-0.2, -0.15) is 4.72 Å². The molecular weight excluding hydrogens is 359 g/mol. The number of hydrogen-bond donors (Lipinski definition) is 1. The number of rotatable bonds is 6. The third-order valence-corrected chi connectivity index (χ3v) is 5.57. The maximum atomic E-state index is 13.0. The second-order valence-corrected chi connectivity index (χ2v) is 7.55. The second-order valence-electron chi connectivity index (χ2n) is 5.83. The molecule has 2 aromatic carbocycles. The summed E-state index contributed by atoms with van der Waals surface area (Å²) in [5.74, 6) is -0.176. The first-order valence-corrected chi connectivity index (χ1v) is 9.71. The molecule has 1 aliphatic heterocycles. The molecular formula is C18H19FN2O4S. The Morgan fingerprint density at radius 1 is 1.15 bits per heavy atom. The standard InChI is InChI=1S/C18H19FN2O4S/c1-2-25-15-7-9-16(10-8-15)26(23,24)20-17-11-12-21(18(17)22)14-5-3-13(19)4-6-14/h3-10,17,20H,2,11-12H2,1H3. The van der Waals surface area contributed by atoms with Gasteiger partial charge in [0.25, 0.3) is 0 Å². The first kappa shape index (κ1) is 18.3. The maximum Gasteiger partial charge on any atom is 0.245 e. The van der Waals surface area contributed by atoms with Gasteiger partial charge in [-0.1, -0.05) is 0 Å². The van der Waals surface area contributed by atoms with Crippen LogP contribution in [0.5, 0.6) is 5.75 Å². The normalized spacial score (nSPS) is 17.5. The smallest absolute Gasteiger partial charge is 0.245 e. The average Bonchev–Trinajstić information content (AvgIpc) is 2.97. The zero-order chi connectivity index (χ0) is 18.7. The maximum absolute atomic E-state index is 13.0. The zero-order valence-corrected chi connectivity index (χ0v) is 15.0. The number of carbonyl (C=O) groups excluding carboxylic acids is 1. The molecule has 1 N–H and O–H groups in total. The molecule has 1 heterocycles. The lowest BCUT2D eigenvalue weighted by molar-refractivity contribution is -0.118. The summed E-state index contributed by atoms with van der Waals surface area (Å²) >= 11 is 0. The number of ether oxygens (including phenoxy) is 1. The van der Waals surface area contributed by atoms with Crippen LogP contribution in [0.2, 0.25) is 0 Å². The van der Waals surface area contributed by atoms with Crippen molar-refractivity contribution in [1.29, 1.82) is 0 Å². The van der Waals surface area contributed by atoms with Crippen molar-refractivity contribution in [2.45, 2.75) is 24.3 Å². The quantitative estimate of drug-likeness (QED) is 0.837. The molecule has 1 fully saturated rings. The van der Waals surface area contributed by atoms with Gasteiger partial charge in [0.1, 0.15) is 17.6 Å². The summed E-state index contributed by atoms with van der Waals surface area (Å²) < 4.78 is 45.8. The molecule has 1 amide bonds. The number of amides is 1. The molecule has 1 aliphatic rings. The van der Waals surface area contributed by atoms with Crippen molar-refractivity contribution in [3.05, 3.63) is 54.3 Å². The van der Waals surface area contributed by atoms with E-state index in [1.165, 1.54) is 41.3 Å². The monoisotopic (exact) mass is 378 g/mol. The molecule has 1 unspecified atom stereocenters. The molecule has 0 radical (unpaired) electrons.